The molecule has 26 heavy (non-hydrogen) atoms. The Morgan fingerprint density at radius 1 is 1.19 bits per heavy atom. The van der Waals surface area contributed by atoms with Crippen molar-refractivity contribution in [3.05, 3.63) is 51.9 Å². The van der Waals surface area contributed by atoms with Gasteiger partial charge >= 0.3 is 0 Å². The highest BCUT2D eigenvalue weighted by atomic mass is 32.1. The van der Waals surface area contributed by atoms with Crippen LogP contribution < -0.4 is 20.5 Å². The standard InChI is InChI=1S/C18H19FN4O2S/c19-13-1-3-14(4-2-13)25-11-10-23-17(24)16-15(5-12-26-16)21-18(23)22-8-6-20-7-9-22/h1-5,12,20H,6-11H2. The molecule has 0 amide bonds. The molecule has 0 aliphatic carbocycles. The fraction of sp³-hybridized carbons (Fsp3) is 0.333. The normalized spacial score (nSPS) is 14.7. The number of ether oxygens (including phenoxy) is 1. The van der Waals surface area contributed by atoms with Crippen LogP contribution in [0.5, 0.6) is 5.75 Å². The maximum atomic E-state index is 13.0. The molecule has 136 valence electrons. The lowest BCUT2D eigenvalue weighted by Gasteiger charge is -2.30. The maximum Gasteiger partial charge on any atom is 0.272 e. The van der Waals surface area contributed by atoms with Gasteiger partial charge in [-0.15, -0.1) is 11.3 Å². The molecule has 3 heterocycles. The minimum atomic E-state index is -0.304. The number of piperazine rings is 1. The zero-order valence-electron chi connectivity index (χ0n) is 14.2. The summed E-state index contributed by atoms with van der Waals surface area (Å²) in [6.07, 6.45) is 0. The molecular formula is C18H19FN4O2S. The van der Waals surface area contributed by atoms with E-state index in [2.05, 4.69) is 10.2 Å². The molecule has 1 fully saturated rings. The minimum Gasteiger partial charge on any atom is -0.492 e. The Hall–Kier alpha value is -2.45. The molecule has 6 nitrogen and oxygen atoms in total. The number of hydrogen-bond donors (Lipinski definition) is 1. The Morgan fingerprint density at radius 3 is 2.73 bits per heavy atom. The van der Waals surface area contributed by atoms with Crippen molar-refractivity contribution in [2.45, 2.75) is 6.54 Å². The van der Waals surface area contributed by atoms with Gasteiger partial charge in [-0.05, 0) is 35.7 Å². The van der Waals surface area contributed by atoms with Gasteiger partial charge in [0.15, 0.2) is 0 Å². The first-order valence-corrected chi connectivity index (χ1v) is 9.42. The lowest BCUT2D eigenvalue weighted by atomic mass is 10.3. The van der Waals surface area contributed by atoms with Crippen LogP contribution in [0.1, 0.15) is 0 Å². The Morgan fingerprint density at radius 2 is 1.96 bits per heavy atom. The van der Waals surface area contributed by atoms with Crippen molar-refractivity contribution in [2.75, 3.05) is 37.7 Å². The molecule has 0 unspecified atom stereocenters. The van der Waals surface area contributed by atoms with Gasteiger partial charge in [-0.3, -0.25) is 9.36 Å². The van der Waals surface area contributed by atoms with E-state index in [0.717, 1.165) is 31.7 Å². The molecular weight excluding hydrogens is 355 g/mol. The molecule has 0 saturated carbocycles. The summed E-state index contributed by atoms with van der Waals surface area (Å²) in [5.74, 6) is 0.959. The molecule has 1 aromatic carbocycles. The lowest BCUT2D eigenvalue weighted by Crippen LogP contribution is -2.46. The number of anilines is 1. The Balaban J connectivity index is 1.60. The maximum absolute atomic E-state index is 13.0. The smallest absolute Gasteiger partial charge is 0.272 e. The predicted molar refractivity (Wildman–Crippen MR) is 101 cm³/mol. The van der Waals surface area contributed by atoms with Crippen LogP contribution in [-0.4, -0.2) is 42.3 Å². The highest BCUT2D eigenvalue weighted by Gasteiger charge is 2.19. The number of benzene rings is 1. The molecule has 0 bridgehead atoms. The summed E-state index contributed by atoms with van der Waals surface area (Å²) in [6.45, 7) is 4.04. The van der Waals surface area contributed by atoms with Crippen molar-refractivity contribution < 1.29 is 9.13 Å². The zero-order valence-corrected chi connectivity index (χ0v) is 15.0. The molecule has 0 spiro atoms. The number of rotatable bonds is 5. The van der Waals surface area contributed by atoms with E-state index in [1.807, 2.05) is 11.4 Å². The van der Waals surface area contributed by atoms with Gasteiger partial charge < -0.3 is 15.0 Å². The second-order valence-electron chi connectivity index (χ2n) is 6.04. The predicted octanol–water partition coefficient (Wildman–Crippen LogP) is 2.09. The average Bonchev–Trinajstić information content (AvgIpc) is 3.14. The van der Waals surface area contributed by atoms with Crippen LogP contribution >= 0.6 is 11.3 Å². The minimum absolute atomic E-state index is 0.0405. The number of nitrogens with zero attached hydrogens (tertiary/aromatic N) is 3. The van der Waals surface area contributed by atoms with Gasteiger partial charge in [-0.25, -0.2) is 9.37 Å². The van der Waals surface area contributed by atoms with Crippen molar-refractivity contribution in [3.8, 4) is 5.75 Å². The summed E-state index contributed by atoms with van der Waals surface area (Å²) in [5, 5.41) is 5.20. The molecule has 1 saturated heterocycles. The number of thiophene rings is 1. The monoisotopic (exact) mass is 374 g/mol. The summed E-state index contributed by atoms with van der Waals surface area (Å²) in [5.41, 5.74) is 0.700. The van der Waals surface area contributed by atoms with Crippen molar-refractivity contribution in [1.82, 2.24) is 14.9 Å². The molecule has 1 N–H and O–H groups in total. The van der Waals surface area contributed by atoms with Crippen LogP contribution in [-0.2, 0) is 6.54 Å². The molecule has 0 radical (unpaired) electrons. The van der Waals surface area contributed by atoms with Crippen LogP contribution in [0.15, 0.2) is 40.5 Å². The van der Waals surface area contributed by atoms with E-state index in [1.165, 1.54) is 23.5 Å². The second-order valence-corrected chi connectivity index (χ2v) is 6.96. The van der Waals surface area contributed by atoms with Crippen LogP contribution in [0.25, 0.3) is 10.2 Å². The van der Waals surface area contributed by atoms with E-state index < -0.39 is 0 Å². The summed E-state index contributed by atoms with van der Waals surface area (Å²) in [7, 11) is 0. The quantitative estimate of drug-likeness (QED) is 0.741. The largest absolute Gasteiger partial charge is 0.492 e. The summed E-state index contributed by atoms with van der Waals surface area (Å²) in [6, 6.07) is 7.75. The molecule has 1 aliphatic heterocycles. The van der Waals surface area contributed by atoms with Gasteiger partial charge in [0.1, 0.15) is 22.9 Å². The second kappa shape index (κ2) is 7.43. The fourth-order valence-electron chi connectivity index (χ4n) is 3.03. The molecule has 1 aliphatic rings. The van der Waals surface area contributed by atoms with Gasteiger partial charge in [0.2, 0.25) is 5.95 Å². The number of hydrogen-bond acceptors (Lipinski definition) is 6. The summed E-state index contributed by atoms with van der Waals surface area (Å²) in [4.78, 5) is 19.8. The molecule has 8 heteroatoms. The van der Waals surface area contributed by atoms with E-state index in [0.29, 0.717) is 29.5 Å². The summed E-state index contributed by atoms with van der Waals surface area (Å²) >= 11 is 1.41. The Labute approximate surface area is 153 Å². The third-order valence-corrected chi connectivity index (χ3v) is 5.23. The van der Waals surface area contributed by atoms with Gasteiger partial charge in [0.05, 0.1) is 12.1 Å². The zero-order chi connectivity index (χ0) is 17.9. The topological polar surface area (TPSA) is 59.4 Å². The van der Waals surface area contributed by atoms with Gasteiger partial charge in [0, 0.05) is 26.2 Å². The van der Waals surface area contributed by atoms with E-state index in [4.69, 9.17) is 9.72 Å². The third kappa shape index (κ3) is 3.42. The highest BCUT2D eigenvalue weighted by molar-refractivity contribution is 7.17. The third-order valence-electron chi connectivity index (χ3n) is 4.34. The Bertz CT molecular complexity index is 948. The number of aromatic nitrogens is 2. The van der Waals surface area contributed by atoms with Crippen molar-refractivity contribution in [2.24, 2.45) is 0 Å². The van der Waals surface area contributed by atoms with Crippen LogP contribution in [0.2, 0.25) is 0 Å². The van der Waals surface area contributed by atoms with Gasteiger partial charge in [-0.1, -0.05) is 0 Å². The van der Waals surface area contributed by atoms with Crippen molar-refractivity contribution >= 4 is 27.5 Å². The highest BCUT2D eigenvalue weighted by Crippen LogP contribution is 2.20. The SMILES string of the molecule is O=c1c2sccc2nc(N2CCNCC2)n1CCOc1ccc(F)cc1. The van der Waals surface area contributed by atoms with Crippen LogP contribution in [0.3, 0.4) is 0 Å². The molecule has 3 aromatic rings. The van der Waals surface area contributed by atoms with E-state index in [-0.39, 0.29) is 11.4 Å². The first-order valence-electron chi connectivity index (χ1n) is 8.54. The van der Waals surface area contributed by atoms with Crippen molar-refractivity contribution in [1.29, 1.82) is 0 Å². The molecule has 2 aromatic heterocycles. The first-order chi connectivity index (χ1) is 12.7. The van der Waals surface area contributed by atoms with Crippen molar-refractivity contribution in [3.63, 3.8) is 0 Å². The fourth-order valence-corrected chi connectivity index (χ4v) is 3.80. The number of fused-ring (bicyclic) bond motifs is 1. The summed E-state index contributed by atoms with van der Waals surface area (Å²) < 4.78 is 21.0. The lowest BCUT2D eigenvalue weighted by molar-refractivity contribution is 0.295. The number of nitrogens with one attached hydrogen (secondary N) is 1. The van der Waals surface area contributed by atoms with Gasteiger partial charge in [0.25, 0.3) is 5.56 Å². The average molecular weight is 374 g/mol. The van der Waals surface area contributed by atoms with E-state index >= 15 is 0 Å². The number of halogens is 1. The van der Waals surface area contributed by atoms with Gasteiger partial charge in [-0.2, -0.15) is 0 Å². The molecule has 0 atom stereocenters. The molecule has 4 rings (SSSR count). The first kappa shape index (κ1) is 17.0. The van der Waals surface area contributed by atoms with E-state index in [9.17, 15) is 9.18 Å². The van der Waals surface area contributed by atoms with E-state index in [1.54, 1.807) is 16.7 Å². The Kier molecular flexibility index (Phi) is 4.85. The van der Waals surface area contributed by atoms with Crippen LogP contribution in [0.4, 0.5) is 10.3 Å². The van der Waals surface area contributed by atoms with Crippen LogP contribution in [0, 0.1) is 5.82 Å².